The molecular formula is C15H14BrNO4. The lowest BCUT2D eigenvalue weighted by atomic mass is 10.1. The van der Waals surface area contributed by atoms with Gasteiger partial charge in [0.25, 0.3) is 5.69 Å². The maximum atomic E-state index is 10.8. The molecule has 0 heterocycles. The van der Waals surface area contributed by atoms with Crippen molar-refractivity contribution in [2.75, 3.05) is 0 Å². The third-order valence-corrected chi connectivity index (χ3v) is 3.41. The van der Waals surface area contributed by atoms with Crippen molar-refractivity contribution in [3.8, 4) is 11.5 Å². The number of hydrogen-bond donors (Lipinski definition) is 1. The zero-order valence-electron chi connectivity index (χ0n) is 11.3. The first kappa shape index (κ1) is 15.5. The zero-order valence-corrected chi connectivity index (χ0v) is 12.9. The molecule has 0 fully saturated rings. The molecule has 21 heavy (non-hydrogen) atoms. The Labute approximate surface area is 130 Å². The first-order valence-electron chi connectivity index (χ1n) is 6.40. The summed E-state index contributed by atoms with van der Waals surface area (Å²) in [6, 6.07) is 11.4. The summed E-state index contributed by atoms with van der Waals surface area (Å²) >= 11 is 3.22. The van der Waals surface area contributed by atoms with E-state index in [0.717, 1.165) is 5.56 Å². The molecular weight excluding hydrogens is 338 g/mol. The van der Waals surface area contributed by atoms with Crippen molar-refractivity contribution in [3.05, 3.63) is 62.6 Å². The third-order valence-electron chi connectivity index (χ3n) is 2.95. The lowest BCUT2D eigenvalue weighted by Crippen LogP contribution is -1.95. The van der Waals surface area contributed by atoms with Gasteiger partial charge in [-0.05, 0) is 30.2 Å². The third kappa shape index (κ3) is 4.03. The van der Waals surface area contributed by atoms with Gasteiger partial charge in [0.2, 0.25) is 0 Å². The molecule has 0 spiro atoms. The van der Waals surface area contributed by atoms with E-state index in [-0.39, 0.29) is 5.69 Å². The van der Waals surface area contributed by atoms with E-state index in [4.69, 9.17) is 4.74 Å². The van der Waals surface area contributed by atoms with Gasteiger partial charge < -0.3 is 9.84 Å². The van der Waals surface area contributed by atoms with Crippen LogP contribution in [0.2, 0.25) is 0 Å². The van der Waals surface area contributed by atoms with E-state index in [0.29, 0.717) is 22.4 Å². The largest absolute Gasteiger partial charge is 0.457 e. The van der Waals surface area contributed by atoms with E-state index in [2.05, 4.69) is 15.9 Å². The number of nitro groups is 1. The van der Waals surface area contributed by atoms with Crippen molar-refractivity contribution in [2.45, 2.75) is 19.4 Å². The molecule has 6 heteroatoms. The van der Waals surface area contributed by atoms with Crippen molar-refractivity contribution in [1.82, 2.24) is 0 Å². The Balaban J connectivity index is 2.20. The van der Waals surface area contributed by atoms with Crippen LogP contribution in [0.3, 0.4) is 0 Å². The van der Waals surface area contributed by atoms with E-state index in [1.807, 2.05) is 6.92 Å². The molecule has 0 radical (unpaired) electrons. The van der Waals surface area contributed by atoms with Crippen LogP contribution in [0.15, 0.2) is 46.9 Å². The maximum absolute atomic E-state index is 10.8. The SMILES string of the molecule is CCC(O)c1ccc(Oc2cc(Br)cc([N+](=O)[O-])c2)cc1. The molecule has 0 saturated heterocycles. The first-order chi connectivity index (χ1) is 9.99. The number of benzene rings is 2. The molecule has 1 atom stereocenters. The van der Waals surface area contributed by atoms with Crippen LogP contribution in [0.1, 0.15) is 25.0 Å². The van der Waals surface area contributed by atoms with Gasteiger partial charge in [-0.3, -0.25) is 10.1 Å². The molecule has 0 aromatic heterocycles. The molecule has 110 valence electrons. The number of hydrogen-bond acceptors (Lipinski definition) is 4. The zero-order chi connectivity index (χ0) is 15.4. The molecule has 2 aromatic rings. The lowest BCUT2D eigenvalue weighted by Gasteiger charge is -2.10. The van der Waals surface area contributed by atoms with Gasteiger partial charge in [-0.2, -0.15) is 0 Å². The van der Waals surface area contributed by atoms with Gasteiger partial charge in [0.1, 0.15) is 11.5 Å². The highest BCUT2D eigenvalue weighted by molar-refractivity contribution is 9.10. The van der Waals surface area contributed by atoms with Crippen LogP contribution in [0.4, 0.5) is 5.69 Å². The van der Waals surface area contributed by atoms with E-state index < -0.39 is 11.0 Å². The summed E-state index contributed by atoms with van der Waals surface area (Å²) in [7, 11) is 0. The van der Waals surface area contributed by atoms with Gasteiger partial charge in [0.15, 0.2) is 0 Å². The number of halogens is 1. The predicted octanol–water partition coefficient (Wildman–Crippen LogP) is 4.59. The fourth-order valence-electron chi connectivity index (χ4n) is 1.84. The van der Waals surface area contributed by atoms with Crippen molar-refractivity contribution < 1.29 is 14.8 Å². The Bertz CT molecular complexity index is 643. The molecule has 0 saturated carbocycles. The molecule has 0 aliphatic heterocycles. The summed E-state index contributed by atoms with van der Waals surface area (Å²) in [5.74, 6) is 0.925. The Morgan fingerprint density at radius 2 is 1.90 bits per heavy atom. The van der Waals surface area contributed by atoms with Crippen molar-refractivity contribution in [1.29, 1.82) is 0 Å². The van der Waals surface area contributed by atoms with Crippen LogP contribution < -0.4 is 4.74 Å². The van der Waals surface area contributed by atoms with Gasteiger partial charge in [-0.1, -0.05) is 35.0 Å². The van der Waals surface area contributed by atoms with Crippen molar-refractivity contribution in [2.24, 2.45) is 0 Å². The molecule has 0 amide bonds. The number of ether oxygens (including phenoxy) is 1. The monoisotopic (exact) mass is 351 g/mol. The molecule has 0 bridgehead atoms. The number of aliphatic hydroxyl groups is 1. The number of nitrogens with zero attached hydrogens (tertiary/aromatic N) is 1. The summed E-state index contributed by atoms with van der Waals surface area (Å²) < 4.78 is 6.18. The van der Waals surface area contributed by atoms with Gasteiger partial charge in [0.05, 0.1) is 17.1 Å². The number of nitro benzene ring substituents is 1. The summed E-state index contributed by atoms with van der Waals surface area (Å²) in [6.07, 6.45) is 0.142. The number of non-ortho nitro benzene ring substituents is 1. The predicted molar refractivity (Wildman–Crippen MR) is 82.6 cm³/mol. The Morgan fingerprint density at radius 1 is 1.24 bits per heavy atom. The first-order valence-corrected chi connectivity index (χ1v) is 7.19. The van der Waals surface area contributed by atoms with Gasteiger partial charge in [-0.15, -0.1) is 0 Å². The molecule has 1 unspecified atom stereocenters. The second kappa shape index (κ2) is 6.69. The van der Waals surface area contributed by atoms with Crippen LogP contribution in [0, 0.1) is 10.1 Å². The van der Waals surface area contributed by atoms with Crippen molar-refractivity contribution >= 4 is 21.6 Å². The minimum atomic E-state index is -0.494. The Hall–Kier alpha value is -1.92. The summed E-state index contributed by atoms with van der Waals surface area (Å²) in [5, 5.41) is 20.5. The fraction of sp³-hybridized carbons (Fsp3) is 0.200. The summed E-state index contributed by atoms with van der Waals surface area (Å²) in [6.45, 7) is 1.90. The van der Waals surface area contributed by atoms with Crippen LogP contribution >= 0.6 is 15.9 Å². The minimum absolute atomic E-state index is 0.0441. The van der Waals surface area contributed by atoms with Gasteiger partial charge in [-0.25, -0.2) is 0 Å². The highest BCUT2D eigenvalue weighted by Crippen LogP contribution is 2.30. The normalized spacial score (nSPS) is 12.0. The van der Waals surface area contributed by atoms with E-state index >= 15 is 0 Å². The quantitative estimate of drug-likeness (QED) is 0.631. The van der Waals surface area contributed by atoms with Gasteiger partial charge >= 0.3 is 0 Å². The minimum Gasteiger partial charge on any atom is -0.457 e. The average Bonchev–Trinajstić information content (AvgIpc) is 2.46. The lowest BCUT2D eigenvalue weighted by molar-refractivity contribution is -0.385. The standard InChI is InChI=1S/C15H14BrNO4/c1-2-15(18)10-3-5-13(6-4-10)21-14-8-11(16)7-12(9-14)17(19)20/h3-9,15,18H,2H2,1H3. The fourth-order valence-corrected chi connectivity index (χ4v) is 2.30. The van der Waals surface area contributed by atoms with Crippen LogP contribution in [-0.4, -0.2) is 10.0 Å². The average molecular weight is 352 g/mol. The van der Waals surface area contributed by atoms with Gasteiger partial charge in [0, 0.05) is 10.5 Å². The van der Waals surface area contributed by atoms with Crippen LogP contribution in [0.5, 0.6) is 11.5 Å². The van der Waals surface area contributed by atoms with Crippen LogP contribution in [-0.2, 0) is 0 Å². The van der Waals surface area contributed by atoms with E-state index in [1.165, 1.54) is 12.1 Å². The second-order valence-corrected chi connectivity index (χ2v) is 5.41. The highest BCUT2D eigenvalue weighted by atomic mass is 79.9. The summed E-state index contributed by atoms with van der Waals surface area (Å²) in [5.41, 5.74) is 0.766. The second-order valence-electron chi connectivity index (χ2n) is 4.50. The topological polar surface area (TPSA) is 72.6 Å². The number of rotatable bonds is 5. The molecule has 2 rings (SSSR count). The Kier molecular flexibility index (Phi) is 4.93. The maximum Gasteiger partial charge on any atom is 0.274 e. The molecule has 2 aromatic carbocycles. The molecule has 0 aliphatic carbocycles. The molecule has 5 nitrogen and oxygen atoms in total. The number of aliphatic hydroxyl groups excluding tert-OH is 1. The Morgan fingerprint density at radius 3 is 2.48 bits per heavy atom. The van der Waals surface area contributed by atoms with Crippen LogP contribution in [0.25, 0.3) is 0 Å². The smallest absolute Gasteiger partial charge is 0.274 e. The van der Waals surface area contributed by atoms with Crippen molar-refractivity contribution in [3.63, 3.8) is 0 Å². The van der Waals surface area contributed by atoms with E-state index in [1.54, 1.807) is 30.3 Å². The molecule has 0 aliphatic rings. The molecule has 1 N–H and O–H groups in total. The summed E-state index contributed by atoms with van der Waals surface area (Å²) in [4.78, 5) is 10.3. The van der Waals surface area contributed by atoms with E-state index in [9.17, 15) is 15.2 Å². The highest BCUT2D eigenvalue weighted by Gasteiger charge is 2.10.